The van der Waals surface area contributed by atoms with Gasteiger partial charge in [-0.15, -0.1) is 0 Å². The first kappa shape index (κ1) is 14.1. The second kappa shape index (κ2) is 4.87. The number of hydrogen-bond acceptors (Lipinski definition) is 1. The van der Waals surface area contributed by atoms with Gasteiger partial charge in [-0.3, -0.25) is 0 Å². The van der Waals surface area contributed by atoms with Crippen LogP contribution in [0.3, 0.4) is 0 Å². The minimum Gasteiger partial charge on any atom is -0.321 e. The van der Waals surface area contributed by atoms with E-state index in [9.17, 15) is 0 Å². The van der Waals surface area contributed by atoms with Crippen molar-refractivity contribution in [2.75, 3.05) is 0 Å². The van der Waals surface area contributed by atoms with Crippen LogP contribution >= 0.6 is 0 Å². The molecule has 0 atom stereocenters. The first-order valence-corrected chi connectivity index (χ1v) is 8.28. The van der Waals surface area contributed by atoms with Crippen molar-refractivity contribution < 1.29 is 0 Å². The molecule has 2 fully saturated rings. The quantitative estimate of drug-likeness (QED) is 0.809. The number of nitrogens with two attached hydrogens (primary N) is 1. The van der Waals surface area contributed by atoms with Crippen molar-refractivity contribution >= 4 is 0 Å². The predicted molar refractivity (Wildman–Crippen MR) is 85.7 cm³/mol. The van der Waals surface area contributed by atoms with Crippen LogP contribution in [0.25, 0.3) is 0 Å². The molecule has 1 heteroatoms. The highest BCUT2D eigenvalue weighted by Gasteiger charge is 2.40. The molecule has 0 bridgehead atoms. The van der Waals surface area contributed by atoms with E-state index in [0.29, 0.717) is 5.41 Å². The van der Waals surface area contributed by atoms with E-state index >= 15 is 0 Å². The highest BCUT2D eigenvalue weighted by molar-refractivity contribution is 5.34. The van der Waals surface area contributed by atoms with Gasteiger partial charge in [-0.1, -0.05) is 45.0 Å². The maximum absolute atomic E-state index is 6.35. The Bertz CT molecular complexity index is 471. The molecule has 1 aromatic carbocycles. The molecular weight excluding hydrogens is 242 g/mol. The van der Waals surface area contributed by atoms with E-state index in [1.807, 2.05) is 0 Å². The molecule has 0 heterocycles. The zero-order valence-electron chi connectivity index (χ0n) is 13.3. The van der Waals surface area contributed by atoms with E-state index in [0.717, 1.165) is 24.7 Å². The fraction of sp³-hybridized carbons (Fsp3) is 0.684. The third-order valence-corrected chi connectivity index (χ3v) is 5.67. The van der Waals surface area contributed by atoms with Crippen molar-refractivity contribution in [2.24, 2.45) is 17.1 Å². The van der Waals surface area contributed by atoms with E-state index in [4.69, 9.17) is 5.73 Å². The Morgan fingerprint density at radius 1 is 1.05 bits per heavy atom. The molecule has 0 spiro atoms. The normalized spacial score (nSPS) is 29.2. The molecule has 2 aliphatic rings. The maximum Gasteiger partial charge on any atom is 0.0411 e. The summed E-state index contributed by atoms with van der Waals surface area (Å²) >= 11 is 0. The maximum atomic E-state index is 6.35. The van der Waals surface area contributed by atoms with Gasteiger partial charge in [-0.25, -0.2) is 0 Å². The molecule has 2 saturated carbocycles. The molecule has 3 rings (SSSR count). The summed E-state index contributed by atoms with van der Waals surface area (Å²) in [7, 11) is 0. The van der Waals surface area contributed by atoms with Crippen molar-refractivity contribution in [2.45, 2.75) is 70.8 Å². The molecule has 20 heavy (non-hydrogen) atoms. The summed E-state index contributed by atoms with van der Waals surface area (Å²) in [4.78, 5) is 0. The second-order valence-electron chi connectivity index (χ2n) is 8.20. The van der Waals surface area contributed by atoms with Gasteiger partial charge in [-0.05, 0) is 66.9 Å². The van der Waals surface area contributed by atoms with Crippen LogP contribution in [0.1, 0.15) is 76.3 Å². The lowest BCUT2D eigenvalue weighted by molar-refractivity contribution is 0.169. The Labute approximate surface area is 124 Å². The molecule has 0 saturated heterocycles. The second-order valence-corrected chi connectivity index (χ2v) is 8.20. The highest BCUT2D eigenvalue weighted by atomic mass is 14.8. The first-order valence-electron chi connectivity index (χ1n) is 8.28. The molecule has 2 N–H and O–H groups in total. The number of rotatable bonds is 2. The van der Waals surface area contributed by atoms with Crippen molar-refractivity contribution in [1.82, 2.24) is 0 Å². The van der Waals surface area contributed by atoms with Crippen LogP contribution in [-0.2, 0) is 5.54 Å². The summed E-state index contributed by atoms with van der Waals surface area (Å²) < 4.78 is 0. The third-order valence-electron chi connectivity index (χ3n) is 5.67. The number of hydrogen-bond donors (Lipinski definition) is 1. The van der Waals surface area contributed by atoms with E-state index < -0.39 is 0 Å². The lowest BCUT2D eigenvalue weighted by Gasteiger charge is -2.37. The average Bonchev–Trinajstić information content (AvgIpc) is 3.18. The SMILES string of the molecule is CC(C)(C)C1CCC(c2cccc(C3(N)CC3)c2)CC1. The van der Waals surface area contributed by atoms with Crippen LogP contribution in [0.15, 0.2) is 24.3 Å². The topological polar surface area (TPSA) is 26.0 Å². The Kier molecular flexibility index (Phi) is 3.44. The molecule has 110 valence electrons. The average molecular weight is 271 g/mol. The summed E-state index contributed by atoms with van der Waals surface area (Å²) in [5, 5.41) is 0. The van der Waals surface area contributed by atoms with Crippen LogP contribution in [0.4, 0.5) is 0 Å². The van der Waals surface area contributed by atoms with E-state index in [1.54, 1.807) is 0 Å². The third kappa shape index (κ3) is 2.79. The van der Waals surface area contributed by atoms with Crippen LogP contribution in [-0.4, -0.2) is 0 Å². The molecule has 2 aliphatic carbocycles. The van der Waals surface area contributed by atoms with Gasteiger partial charge >= 0.3 is 0 Å². The molecule has 1 aromatic rings. The molecule has 0 radical (unpaired) electrons. The van der Waals surface area contributed by atoms with Gasteiger partial charge < -0.3 is 5.73 Å². The fourth-order valence-corrected chi connectivity index (χ4v) is 3.82. The van der Waals surface area contributed by atoms with Gasteiger partial charge in [0.15, 0.2) is 0 Å². The number of benzene rings is 1. The van der Waals surface area contributed by atoms with Gasteiger partial charge in [0.05, 0.1) is 0 Å². The smallest absolute Gasteiger partial charge is 0.0411 e. The van der Waals surface area contributed by atoms with Crippen molar-refractivity contribution in [3.8, 4) is 0 Å². The van der Waals surface area contributed by atoms with Crippen LogP contribution in [0, 0.1) is 11.3 Å². The van der Waals surface area contributed by atoms with Gasteiger partial charge in [0.25, 0.3) is 0 Å². The molecule has 0 aromatic heterocycles. The molecule has 0 amide bonds. The van der Waals surface area contributed by atoms with Gasteiger partial charge in [-0.2, -0.15) is 0 Å². The highest BCUT2D eigenvalue weighted by Crippen LogP contribution is 2.46. The minimum absolute atomic E-state index is 0.0125. The van der Waals surface area contributed by atoms with Gasteiger partial charge in [0.2, 0.25) is 0 Å². The molecular formula is C19H29N. The Balaban J connectivity index is 1.69. The summed E-state index contributed by atoms with van der Waals surface area (Å²) in [6, 6.07) is 9.15. The Morgan fingerprint density at radius 3 is 2.25 bits per heavy atom. The summed E-state index contributed by atoms with van der Waals surface area (Å²) in [5.74, 6) is 1.65. The monoisotopic (exact) mass is 271 g/mol. The van der Waals surface area contributed by atoms with Crippen molar-refractivity contribution in [3.63, 3.8) is 0 Å². The largest absolute Gasteiger partial charge is 0.321 e. The first-order chi connectivity index (χ1) is 9.38. The summed E-state index contributed by atoms with van der Waals surface area (Å²) in [5.41, 5.74) is 9.73. The fourth-order valence-electron chi connectivity index (χ4n) is 3.82. The predicted octanol–water partition coefficient (Wildman–Crippen LogP) is 4.95. The lowest BCUT2D eigenvalue weighted by atomic mass is 9.68. The summed E-state index contributed by atoms with van der Waals surface area (Å²) in [6.07, 6.45) is 7.78. The van der Waals surface area contributed by atoms with Crippen molar-refractivity contribution in [3.05, 3.63) is 35.4 Å². The Hall–Kier alpha value is -0.820. The van der Waals surface area contributed by atoms with Crippen LogP contribution < -0.4 is 5.73 Å². The molecule has 0 unspecified atom stereocenters. The van der Waals surface area contributed by atoms with Gasteiger partial charge in [0.1, 0.15) is 0 Å². The summed E-state index contributed by atoms with van der Waals surface area (Å²) in [6.45, 7) is 7.18. The lowest BCUT2D eigenvalue weighted by Crippen LogP contribution is -2.25. The Morgan fingerprint density at radius 2 is 1.70 bits per heavy atom. The van der Waals surface area contributed by atoms with Crippen molar-refractivity contribution in [1.29, 1.82) is 0 Å². The molecule has 0 aliphatic heterocycles. The molecule has 1 nitrogen and oxygen atoms in total. The van der Waals surface area contributed by atoms with E-state index in [1.165, 1.54) is 36.8 Å². The van der Waals surface area contributed by atoms with Crippen LogP contribution in [0.5, 0.6) is 0 Å². The standard InChI is InChI=1S/C19H29N/c1-18(2,3)16-9-7-14(8-10-16)15-5-4-6-17(13-15)19(20)11-12-19/h4-6,13-14,16H,7-12,20H2,1-3H3. The zero-order chi connectivity index (χ0) is 14.4. The van der Waals surface area contributed by atoms with E-state index in [-0.39, 0.29) is 5.54 Å². The zero-order valence-corrected chi connectivity index (χ0v) is 13.3. The van der Waals surface area contributed by atoms with Gasteiger partial charge in [0, 0.05) is 5.54 Å². The minimum atomic E-state index is 0.0125. The van der Waals surface area contributed by atoms with Crippen LogP contribution in [0.2, 0.25) is 0 Å². The van der Waals surface area contributed by atoms with E-state index in [2.05, 4.69) is 45.0 Å².